The second kappa shape index (κ2) is 16.3. The van der Waals surface area contributed by atoms with E-state index in [0.29, 0.717) is 35.2 Å². The van der Waals surface area contributed by atoms with Crippen molar-refractivity contribution in [1.29, 1.82) is 0 Å². The van der Waals surface area contributed by atoms with Gasteiger partial charge in [0.1, 0.15) is 5.82 Å². The van der Waals surface area contributed by atoms with E-state index in [1.807, 2.05) is 12.3 Å². The van der Waals surface area contributed by atoms with Crippen molar-refractivity contribution in [2.24, 2.45) is 0 Å². The summed E-state index contributed by atoms with van der Waals surface area (Å²) in [6, 6.07) is 30.7. The molecule has 0 fully saturated rings. The Morgan fingerprint density at radius 2 is 1.21 bits per heavy atom. The summed E-state index contributed by atoms with van der Waals surface area (Å²) in [4.78, 5) is 27.4. The van der Waals surface area contributed by atoms with E-state index in [4.69, 9.17) is 4.98 Å². The molecule has 0 N–H and O–H groups in total. The minimum atomic E-state index is -0.0220. The van der Waals surface area contributed by atoms with Gasteiger partial charge in [0, 0.05) is 57.8 Å². The van der Waals surface area contributed by atoms with Crippen LogP contribution in [-0.4, -0.2) is 19.9 Å². The molecule has 4 heterocycles. The summed E-state index contributed by atoms with van der Waals surface area (Å²) >= 11 is 0. The van der Waals surface area contributed by atoms with Gasteiger partial charge in [0.25, 0.3) is 0 Å². The van der Waals surface area contributed by atoms with Crippen molar-refractivity contribution in [2.75, 3.05) is 9.80 Å². The van der Waals surface area contributed by atoms with E-state index in [-0.39, 0.29) is 27.8 Å². The molecule has 0 bridgehead atoms. The first-order valence-electron chi connectivity index (χ1n) is 20.4. The third kappa shape index (κ3) is 7.18. The zero-order chi connectivity index (χ0) is 40.2. The minimum absolute atomic E-state index is 0. The summed E-state index contributed by atoms with van der Waals surface area (Å²) in [5, 5.41) is 0. The van der Waals surface area contributed by atoms with Gasteiger partial charge in [-0.1, -0.05) is 142 Å². The quantitative estimate of drug-likeness (QED) is 0.116. The molecule has 0 amide bonds. The molecule has 0 spiro atoms. The first-order chi connectivity index (χ1) is 27.4. The van der Waals surface area contributed by atoms with E-state index < -0.39 is 0 Å². The van der Waals surface area contributed by atoms with Crippen LogP contribution in [0.25, 0.3) is 33.7 Å². The molecular weight excluding hydrogens is 896 g/mol. The van der Waals surface area contributed by atoms with Crippen molar-refractivity contribution in [3.63, 3.8) is 0 Å². The van der Waals surface area contributed by atoms with Crippen LogP contribution in [0.2, 0.25) is 0 Å². The van der Waals surface area contributed by atoms with Crippen LogP contribution in [0.4, 0.5) is 22.9 Å². The summed E-state index contributed by atoms with van der Waals surface area (Å²) in [6.45, 7) is 25.1. The average Bonchev–Trinajstić information content (AvgIpc) is 3.87. The molecule has 4 aromatic carbocycles. The molecule has 0 saturated heterocycles. The number of imidazole rings is 1. The monoisotopic (exact) mass is 948 g/mol. The summed E-state index contributed by atoms with van der Waals surface area (Å²) < 4.78 is 0. The van der Waals surface area contributed by atoms with Crippen LogP contribution in [0.1, 0.15) is 126 Å². The van der Waals surface area contributed by atoms with Gasteiger partial charge in [0.05, 0.1) is 17.6 Å². The van der Waals surface area contributed by atoms with Gasteiger partial charge in [-0.05, 0) is 97.2 Å². The molecule has 9 rings (SSSR count). The fraction of sp³-hybridized carbons (Fsp3) is 0.300. The maximum atomic E-state index is 4.90. The molecule has 301 valence electrons. The van der Waals surface area contributed by atoms with Crippen LogP contribution >= 0.6 is 0 Å². The first-order valence-corrected chi connectivity index (χ1v) is 20.4. The zero-order valence-electron chi connectivity index (χ0n) is 35.2. The Bertz CT molecular complexity index is 2430. The van der Waals surface area contributed by atoms with E-state index in [9.17, 15) is 0 Å². The van der Waals surface area contributed by atoms with E-state index in [2.05, 4.69) is 185 Å². The Kier molecular flexibility index (Phi) is 11.5. The number of nitrogens with zero attached hydrogens (tertiary/aromatic N) is 7. The van der Waals surface area contributed by atoms with E-state index >= 15 is 0 Å². The van der Waals surface area contributed by atoms with Crippen LogP contribution in [0.3, 0.4) is 0 Å². The maximum Gasteiger partial charge on any atom is 0.126 e. The van der Waals surface area contributed by atoms with Gasteiger partial charge in [-0.2, -0.15) is 0 Å². The molecule has 7 aromatic rings. The average molecular weight is 949 g/mol. The fourth-order valence-electron chi connectivity index (χ4n) is 8.60. The topological polar surface area (TPSA) is 72.1 Å². The number of fused-ring (bicyclic) bond motifs is 5. The Balaban J connectivity index is 0.000000181. The molecule has 1 radical (unpaired) electrons. The minimum Gasteiger partial charge on any atom is -0.471 e. The predicted molar refractivity (Wildman–Crippen MR) is 236 cm³/mol. The molecule has 1 aliphatic heterocycles. The van der Waals surface area contributed by atoms with Crippen LogP contribution in [-0.2, 0) is 27.8 Å². The van der Waals surface area contributed by atoms with Gasteiger partial charge in [0.15, 0.2) is 0 Å². The van der Waals surface area contributed by atoms with Gasteiger partial charge >= 0.3 is 0 Å². The first kappa shape index (κ1) is 41.1. The number of anilines is 4. The van der Waals surface area contributed by atoms with Gasteiger partial charge in [-0.15, -0.1) is 6.67 Å². The standard InChI is InChI=1S/C30H38N3.C20H15N4.Au/c1-19(2)23-12-9-13-24(20(3)4)28(23)32-18-33(30-27(32)16-11-17-31-30)29-25(21(5)6)14-10-15-26(29)22(7)8;1-20(2)14-6-4-3-5-12(14)13-9-16-17(10-15(13)20)24-19(23-16)18-11-21-7-8-22-18;/h9-22H,1-8H3;3-11H,1-2H3;/q2*-1;. The summed E-state index contributed by atoms with van der Waals surface area (Å²) in [5.74, 6) is 3.32. The third-order valence-corrected chi connectivity index (χ3v) is 11.6. The van der Waals surface area contributed by atoms with Crippen molar-refractivity contribution < 1.29 is 22.4 Å². The Hall–Kier alpha value is -5.08. The maximum absolute atomic E-state index is 4.90. The second-order valence-electron chi connectivity index (χ2n) is 17.1. The number of pyridine rings is 1. The van der Waals surface area contributed by atoms with Crippen molar-refractivity contribution in [1.82, 2.24) is 24.9 Å². The van der Waals surface area contributed by atoms with Gasteiger partial charge in [-0.25, -0.2) is 4.98 Å². The molecule has 3 aromatic heterocycles. The molecule has 0 saturated carbocycles. The number of rotatable bonds is 7. The SMILES string of the molecule is CC(C)c1cccc(C(C)C)c1N1[CH-]N(c2c(C(C)C)cccc2C(C)C)c2ncccc21.CC1(C)c2ccccc2-c2cc3nc(-c4cnccn4)[n-]c3cc21.[Au]. The Labute approximate surface area is 359 Å². The predicted octanol–water partition coefficient (Wildman–Crippen LogP) is 12.9. The molecule has 0 unspecified atom stereocenters. The van der Waals surface area contributed by atoms with E-state index in [1.54, 1.807) is 18.6 Å². The largest absolute Gasteiger partial charge is 0.471 e. The summed E-state index contributed by atoms with van der Waals surface area (Å²) in [5.41, 5.74) is 16.9. The van der Waals surface area contributed by atoms with E-state index in [1.165, 1.54) is 55.9 Å². The van der Waals surface area contributed by atoms with E-state index in [0.717, 1.165) is 22.5 Å². The number of benzene rings is 4. The van der Waals surface area contributed by atoms with Crippen LogP contribution in [0.15, 0.2) is 110 Å². The smallest absolute Gasteiger partial charge is 0.126 e. The zero-order valence-corrected chi connectivity index (χ0v) is 37.4. The van der Waals surface area contributed by atoms with Crippen molar-refractivity contribution in [2.45, 2.75) is 98.3 Å². The van der Waals surface area contributed by atoms with Crippen LogP contribution in [0, 0.1) is 6.67 Å². The number of hydrogen-bond acceptors (Lipinski definition) is 6. The fourth-order valence-corrected chi connectivity index (χ4v) is 8.60. The molecule has 58 heavy (non-hydrogen) atoms. The Morgan fingerprint density at radius 3 is 1.79 bits per heavy atom. The number of aromatic nitrogens is 5. The van der Waals surface area contributed by atoms with Crippen LogP contribution < -0.4 is 14.8 Å². The number of hydrogen-bond donors (Lipinski definition) is 0. The normalized spacial score (nSPS) is 13.8. The van der Waals surface area contributed by atoms with Crippen LogP contribution in [0.5, 0.6) is 0 Å². The Morgan fingerprint density at radius 1 is 0.603 bits per heavy atom. The van der Waals surface area contributed by atoms with Gasteiger partial charge in [-0.3, -0.25) is 9.97 Å². The molecule has 7 nitrogen and oxygen atoms in total. The third-order valence-electron chi connectivity index (χ3n) is 11.6. The molecule has 0 atom stereocenters. The summed E-state index contributed by atoms with van der Waals surface area (Å²) in [7, 11) is 0. The van der Waals surface area contributed by atoms with Crippen molar-refractivity contribution in [3.05, 3.63) is 150 Å². The van der Waals surface area contributed by atoms with Gasteiger partial charge < -0.3 is 19.8 Å². The second-order valence-corrected chi connectivity index (χ2v) is 17.1. The molecule has 1 aliphatic carbocycles. The molecular formula is C50H53AuN7-2. The molecule has 2 aliphatic rings. The van der Waals surface area contributed by atoms with Crippen molar-refractivity contribution >= 4 is 33.9 Å². The summed E-state index contributed by atoms with van der Waals surface area (Å²) in [6.07, 6.45) is 6.92. The van der Waals surface area contributed by atoms with Gasteiger partial charge in [0.2, 0.25) is 0 Å². The van der Waals surface area contributed by atoms with Crippen molar-refractivity contribution in [3.8, 4) is 22.6 Å². The number of para-hydroxylation sites is 2. The molecule has 8 heteroatoms.